The standard InChI is InChI=1S/C53H31N9/c1-2-12-41-33(8-1)9-3-13-42(41)53-61-51(34-18-16-32(17-19-34)40-29-54-31-55-30-40)60-52(62-53)39-25-37(47-43-14-6-20-56-45(43)27-35-10-4-22-58-49(35)47)24-38(26-39)48-44-15-7-21-57-46(44)28-36-11-5-23-59-50(36)48/h1-31H. The van der Waals surface area contributed by atoms with Crippen LogP contribution in [0.15, 0.2) is 189 Å². The molecule has 0 unspecified atom stereocenters. The molecule has 12 rings (SSSR count). The predicted octanol–water partition coefficient (Wildman–Crippen LogP) is 12.0. The minimum absolute atomic E-state index is 0.521. The molecule has 9 nitrogen and oxygen atoms in total. The molecule has 0 saturated carbocycles. The summed E-state index contributed by atoms with van der Waals surface area (Å²) in [4.78, 5) is 43.9. The third-order valence-corrected chi connectivity index (χ3v) is 11.4. The number of rotatable bonds is 6. The van der Waals surface area contributed by atoms with E-state index in [0.29, 0.717) is 17.5 Å². The smallest absolute Gasteiger partial charge is 0.164 e. The fourth-order valence-corrected chi connectivity index (χ4v) is 8.59. The molecule has 0 fully saturated rings. The summed E-state index contributed by atoms with van der Waals surface area (Å²) in [5.74, 6) is 1.63. The van der Waals surface area contributed by atoms with Gasteiger partial charge in [-0.25, -0.2) is 24.9 Å². The summed E-state index contributed by atoms with van der Waals surface area (Å²) in [5, 5.41) is 6.11. The molecule has 288 valence electrons. The fourth-order valence-electron chi connectivity index (χ4n) is 8.59. The highest BCUT2D eigenvalue weighted by Crippen LogP contribution is 2.42. The second-order valence-electron chi connectivity index (χ2n) is 15.1. The Morgan fingerprint density at radius 1 is 0.323 bits per heavy atom. The van der Waals surface area contributed by atoms with Crippen molar-refractivity contribution in [2.24, 2.45) is 0 Å². The van der Waals surface area contributed by atoms with Crippen LogP contribution in [0.2, 0.25) is 0 Å². The molecule has 62 heavy (non-hydrogen) atoms. The van der Waals surface area contributed by atoms with Crippen molar-refractivity contribution in [3.63, 3.8) is 0 Å². The van der Waals surface area contributed by atoms with Crippen LogP contribution in [0.5, 0.6) is 0 Å². The van der Waals surface area contributed by atoms with Crippen molar-refractivity contribution < 1.29 is 0 Å². The molecule has 0 radical (unpaired) electrons. The van der Waals surface area contributed by atoms with Gasteiger partial charge >= 0.3 is 0 Å². The van der Waals surface area contributed by atoms with E-state index in [1.807, 2.05) is 97.8 Å². The lowest BCUT2D eigenvalue weighted by atomic mass is 9.90. The van der Waals surface area contributed by atoms with Crippen LogP contribution in [0.3, 0.4) is 0 Å². The van der Waals surface area contributed by atoms with Gasteiger partial charge in [0.1, 0.15) is 6.33 Å². The zero-order valence-corrected chi connectivity index (χ0v) is 32.9. The highest BCUT2D eigenvalue weighted by Gasteiger charge is 2.21. The normalized spacial score (nSPS) is 11.5. The summed E-state index contributed by atoms with van der Waals surface area (Å²) in [7, 11) is 0. The van der Waals surface area contributed by atoms with Crippen LogP contribution in [0.25, 0.3) is 122 Å². The molecule has 6 aromatic carbocycles. The fraction of sp³-hybridized carbons (Fsp3) is 0. The monoisotopic (exact) mass is 793 g/mol. The molecule has 0 spiro atoms. The van der Waals surface area contributed by atoms with E-state index < -0.39 is 0 Å². The molecule has 0 bridgehead atoms. The summed E-state index contributed by atoms with van der Waals surface area (Å²) in [6.45, 7) is 0. The number of pyridine rings is 4. The van der Waals surface area contributed by atoms with Crippen molar-refractivity contribution in [3.8, 4) is 67.5 Å². The first-order chi connectivity index (χ1) is 30.7. The van der Waals surface area contributed by atoms with Crippen molar-refractivity contribution in [2.45, 2.75) is 0 Å². The van der Waals surface area contributed by atoms with E-state index >= 15 is 0 Å². The van der Waals surface area contributed by atoms with E-state index in [4.69, 9.17) is 34.9 Å². The van der Waals surface area contributed by atoms with Gasteiger partial charge in [-0.3, -0.25) is 19.9 Å². The second-order valence-corrected chi connectivity index (χ2v) is 15.1. The van der Waals surface area contributed by atoms with Crippen molar-refractivity contribution in [1.82, 2.24) is 44.9 Å². The van der Waals surface area contributed by atoms with Crippen molar-refractivity contribution in [1.29, 1.82) is 0 Å². The Bertz CT molecular complexity index is 3450. The summed E-state index contributed by atoms with van der Waals surface area (Å²) < 4.78 is 0. The first-order valence-electron chi connectivity index (χ1n) is 20.2. The van der Waals surface area contributed by atoms with Gasteiger partial charge in [0.15, 0.2) is 17.5 Å². The maximum Gasteiger partial charge on any atom is 0.164 e. The van der Waals surface area contributed by atoms with Gasteiger partial charge in [-0.2, -0.15) is 0 Å². The number of hydrogen-bond acceptors (Lipinski definition) is 9. The lowest BCUT2D eigenvalue weighted by Gasteiger charge is -2.17. The number of nitrogens with zero attached hydrogens (tertiary/aromatic N) is 9. The van der Waals surface area contributed by atoms with Gasteiger partial charge in [-0.05, 0) is 82.1 Å². The molecular formula is C53H31N9. The lowest BCUT2D eigenvalue weighted by molar-refractivity contribution is 1.08. The van der Waals surface area contributed by atoms with E-state index in [-0.39, 0.29) is 0 Å². The molecule has 0 amide bonds. The van der Waals surface area contributed by atoms with Crippen LogP contribution < -0.4 is 0 Å². The number of benzene rings is 6. The minimum Gasteiger partial charge on any atom is -0.256 e. The van der Waals surface area contributed by atoms with Crippen LogP contribution >= 0.6 is 0 Å². The third kappa shape index (κ3) is 6.07. The average Bonchev–Trinajstić information content (AvgIpc) is 3.34. The van der Waals surface area contributed by atoms with Crippen LogP contribution in [0.1, 0.15) is 0 Å². The summed E-state index contributed by atoms with van der Waals surface area (Å²) in [6, 6.07) is 49.8. The topological polar surface area (TPSA) is 116 Å². The van der Waals surface area contributed by atoms with Crippen LogP contribution in [0.4, 0.5) is 0 Å². The van der Waals surface area contributed by atoms with Crippen LogP contribution in [-0.2, 0) is 0 Å². The van der Waals surface area contributed by atoms with Gasteiger partial charge in [0.25, 0.3) is 0 Å². The Kier molecular flexibility index (Phi) is 8.27. The van der Waals surface area contributed by atoms with Gasteiger partial charge in [-0.15, -0.1) is 0 Å². The summed E-state index contributed by atoms with van der Waals surface area (Å²) in [6.07, 6.45) is 12.5. The molecule has 12 aromatic rings. The lowest BCUT2D eigenvalue weighted by Crippen LogP contribution is -2.01. The van der Waals surface area contributed by atoms with Crippen LogP contribution in [-0.4, -0.2) is 44.9 Å². The molecule has 0 aliphatic rings. The molecule has 0 N–H and O–H groups in total. The van der Waals surface area contributed by atoms with Crippen LogP contribution in [0, 0.1) is 0 Å². The summed E-state index contributed by atoms with van der Waals surface area (Å²) >= 11 is 0. The number of hydrogen-bond donors (Lipinski definition) is 0. The van der Waals surface area contributed by atoms with Gasteiger partial charge in [0, 0.05) is 92.1 Å². The highest BCUT2D eigenvalue weighted by atomic mass is 15.0. The molecule has 0 aliphatic heterocycles. The molecule has 0 atom stereocenters. The largest absolute Gasteiger partial charge is 0.256 e. The quantitative estimate of drug-likeness (QED) is 0.152. The number of fused-ring (bicyclic) bond motifs is 5. The third-order valence-electron chi connectivity index (χ3n) is 11.4. The van der Waals surface area contributed by atoms with Gasteiger partial charge in [0.2, 0.25) is 0 Å². The van der Waals surface area contributed by atoms with Gasteiger partial charge in [-0.1, -0.05) is 91.0 Å². The molecule has 6 aromatic heterocycles. The Hall–Kier alpha value is -8.69. The average molecular weight is 794 g/mol. The second kappa shape index (κ2) is 14.5. The first-order valence-corrected chi connectivity index (χ1v) is 20.2. The van der Waals surface area contributed by atoms with Gasteiger partial charge < -0.3 is 0 Å². The summed E-state index contributed by atoms with van der Waals surface area (Å²) in [5.41, 5.74) is 11.8. The highest BCUT2D eigenvalue weighted by molar-refractivity contribution is 6.13. The molecule has 0 saturated heterocycles. The maximum absolute atomic E-state index is 5.34. The zero-order valence-electron chi connectivity index (χ0n) is 32.9. The molecule has 9 heteroatoms. The predicted molar refractivity (Wildman–Crippen MR) is 247 cm³/mol. The Labute approximate surface area is 354 Å². The molecule has 6 heterocycles. The van der Waals surface area contributed by atoms with Gasteiger partial charge in [0.05, 0.1) is 22.1 Å². The Morgan fingerprint density at radius 3 is 1.48 bits per heavy atom. The Balaban J connectivity index is 1.17. The zero-order chi connectivity index (χ0) is 41.0. The minimum atomic E-state index is 0.521. The number of aromatic nitrogens is 9. The molecule has 0 aliphatic carbocycles. The molecular weight excluding hydrogens is 763 g/mol. The van der Waals surface area contributed by atoms with Crippen molar-refractivity contribution >= 4 is 54.4 Å². The van der Waals surface area contributed by atoms with E-state index in [9.17, 15) is 0 Å². The van der Waals surface area contributed by atoms with Crippen molar-refractivity contribution in [2.75, 3.05) is 0 Å². The Morgan fingerprint density at radius 2 is 0.823 bits per heavy atom. The van der Waals surface area contributed by atoms with E-state index in [1.165, 1.54) is 6.33 Å². The van der Waals surface area contributed by atoms with E-state index in [0.717, 1.165) is 104 Å². The van der Waals surface area contributed by atoms with E-state index in [1.54, 1.807) is 0 Å². The first kappa shape index (κ1) is 35.3. The SMILES string of the molecule is c1ccc2c(-c3nc(-c4ccc(-c5cncnc5)cc4)nc(-c4cc(-c5c6cccnc6cc6cccnc56)cc(-c5c6cccnc6cc6cccnc56)c4)n3)cccc2c1. The van der Waals surface area contributed by atoms with Crippen molar-refractivity contribution in [3.05, 3.63) is 189 Å². The van der Waals surface area contributed by atoms with E-state index in [2.05, 4.69) is 94.9 Å². The maximum atomic E-state index is 5.34.